The molecule has 0 saturated heterocycles. The van der Waals surface area contributed by atoms with Gasteiger partial charge in [-0.25, -0.2) is 0 Å². The van der Waals surface area contributed by atoms with Crippen LogP contribution in [0.4, 0.5) is 0 Å². The molecule has 76 valence electrons. The molecule has 0 N–H and O–H groups in total. The van der Waals surface area contributed by atoms with Crippen LogP contribution in [0.5, 0.6) is 0 Å². The molecule has 1 aliphatic rings. The highest BCUT2D eigenvalue weighted by Gasteiger charge is 2.41. The summed E-state index contributed by atoms with van der Waals surface area (Å²) in [6, 6.07) is 1.90. The number of likely N-dealkylation sites (N-methyl/N-ethyl adjacent to an activating group) is 1. The molecule has 0 atom stereocenters. The second-order valence-electron chi connectivity index (χ2n) is 4.06. The Hall–Kier alpha value is -0.540. The van der Waals surface area contributed by atoms with Gasteiger partial charge in [0.05, 0.1) is 5.02 Å². The van der Waals surface area contributed by atoms with Crippen LogP contribution in [0.1, 0.15) is 18.7 Å². The molecule has 0 radical (unpaired) electrons. The predicted molar refractivity (Wildman–Crippen MR) is 59.7 cm³/mol. The van der Waals surface area contributed by atoms with Crippen LogP contribution in [0.3, 0.4) is 0 Å². The molecular weight excluding hydrogens is 218 g/mol. The van der Waals surface area contributed by atoms with E-state index in [4.69, 9.17) is 16.3 Å². The van der Waals surface area contributed by atoms with Crippen molar-refractivity contribution in [1.82, 2.24) is 0 Å². The average molecular weight is 231 g/mol. The fraction of sp³-hybridized carbons (Fsp3) is 0.500. The van der Waals surface area contributed by atoms with Gasteiger partial charge in [-0.1, -0.05) is 11.6 Å². The van der Waals surface area contributed by atoms with Gasteiger partial charge in [-0.3, -0.25) is 0 Å². The average Bonchev–Trinajstić information content (AvgIpc) is 2.61. The summed E-state index contributed by atoms with van der Waals surface area (Å²) >= 11 is 7.68. The van der Waals surface area contributed by atoms with Crippen LogP contribution in [0, 0.1) is 0 Å². The van der Waals surface area contributed by atoms with Crippen molar-refractivity contribution >= 4 is 28.8 Å². The van der Waals surface area contributed by atoms with Crippen LogP contribution in [0.25, 0.3) is 0 Å². The molecule has 0 bridgehead atoms. The minimum absolute atomic E-state index is 0.0582. The zero-order valence-electron chi connectivity index (χ0n) is 8.50. The maximum Gasteiger partial charge on any atom is 0.382 e. The lowest BCUT2D eigenvalue weighted by molar-refractivity contribution is -0.562. The minimum Gasteiger partial charge on any atom is -0.436 e. The van der Waals surface area contributed by atoms with Gasteiger partial charge in [-0.2, -0.15) is 4.58 Å². The molecule has 0 aromatic carbocycles. The smallest absolute Gasteiger partial charge is 0.382 e. The largest absolute Gasteiger partial charge is 0.436 e. The Bertz CT molecular complexity index is 395. The number of rotatable bonds is 1. The van der Waals surface area contributed by atoms with Crippen molar-refractivity contribution in [3.63, 3.8) is 0 Å². The Balaban J connectivity index is 2.47. The number of halogens is 1. The van der Waals surface area contributed by atoms with Gasteiger partial charge in [0.1, 0.15) is 7.05 Å². The molecule has 1 aliphatic heterocycles. The zero-order chi connectivity index (χ0) is 10.3. The molecule has 1 aromatic rings. The van der Waals surface area contributed by atoms with Gasteiger partial charge in [0, 0.05) is 13.8 Å². The minimum atomic E-state index is 0.0582. The molecule has 0 fully saturated rings. The molecule has 0 amide bonds. The van der Waals surface area contributed by atoms with E-state index in [1.54, 1.807) is 11.3 Å². The molecule has 1 aromatic heterocycles. The summed E-state index contributed by atoms with van der Waals surface area (Å²) in [5.41, 5.74) is 0.0582. The van der Waals surface area contributed by atoms with Gasteiger partial charge < -0.3 is 4.74 Å². The second kappa shape index (κ2) is 3.24. The van der Waals surface area contributed by atoms with Crippen molar-refractivity contribution in [1.29, 1.82) is 0 Å². The zero-order valence-corrected chi connectivity index (χ0v) is 10.1. The van der Waals surface area contributed by atoms with E-state index in [9.17, 15) is 0 Å². The standard InChI is InChI=1S/C10H13ClNOS/c1-10(2)6-13-9(12(10)3)8-7(11)4-5-14-8/h4-5H,6H2,1-3H3/q+1. The topological polar surface area (TPSA) is 12.2 Å². The molecular formula is C10H13ClNOS+. The van der Waals surface area contributed by atoms with Crippen LogP contribution in [-0.2, 0) is 4.74 Å². The lowest BCUT2D eigenvalue weighted by atomic mass is 10.1. The number of ether oxygens (including phenoxy) is 1. The monoisotopic (exact) mass is 230 g/mol. The van der Waals surface area contributed by atoms with Crippen molar-refractivity contribution in [2.24, 2.45) is 0 Å². The molecule has 2 nitrogen and oxygen atoms in total. The normalized spacial score (nSPS) is 20.0. The van der Waals surface area contributed by atoms with E-state index in [0.29, 0.717) is 6.61 Å². The van der Waals surface area contributed by atoms with Crippen LogP contribution in [0.15, 0.2) is 11.4 Å². The molecule has 2 heterocycles. The number of hydrogen-bond donors (Lipinski definition) is 0. The lowest BCUT2D eigenvalue weighted by Gasteiger charge is -2.09. The van der Waals surface area contributed by atoms with E-state index in [0.717, 1.165) is 15.8 Å². The summed E-state index contributed by atoms with van der Waals surface area (Å²) in [5.74, 6) is 0.898. The first-order valence-electron chi connectivity index (χ1n) is 4.49. The number of nitrogens with zero attached hydrogens (tertiary/aromatic N) is 1. The lowest BCUT2D eigenvalue weighted by Crippen LogP contribution is -2.33. The summed E-state index contributed by atoms with van der Waals surface area (Å²) in [6.45, 7) is 5.02. The Kier molecular flexibility index (Phi) is 2.32. The van der Waals surface area contributed by atoms with Crippen molar-refractivity contribution in [3.05, 3.63) is 21.3 Å². The predicted octanol–water partition coefficient (Wildman–Crippen LogP) is 2.60. The third-order valence-corrected chi connectivity index (χ3v) is 3.92. The van der Waals surface area contributed by atoms with Gasteiger partial charge in [-0.15, -0.1) is 11.3 Å². The Labute approximate surface area is 92.8 Å². The van der Waals surface area contributed by atoms with Crippen molar-refractivity contribution in [2.75, 3.05) is 13.7 Å². The first kappa shape index (κ1) is 9.99. The van der Waals surface area contributed by atoms with Crippen molar-refractivity contribution in [2.45, 2.75) is 19.4 Å². The molecule has 0 saturated carbocycles. The van der Waals surface area contributed by atoms with Crippen molar-refractivity contribution < 1.29 is 9.31 Å². The van der Waals surface area contributed by atoms with E-state index in [1.165, 1.54) is 0 Å². The summed E-state index contributed by atoms with van der Waals surface area (Å²) < 4.78 is 7.82. The highest BCUT2D eigenvalue weighted by atomic mass is 35.5. The fourth-order valence-electron chi connectivity index (χ4n) is 1.38. The SMILES string of the molecule is C[N+]1=C(c2sccc2Cl)OCC1(C)C. The van der Waals surface area contributed by atoms with Crippen LogP contribution in [0.2, 0.25) is 5.02 Å². The summed E-state index contributed by atoms with van der Waals surface area (Å²) in [5, 5.41) is 2.75. The Morgan fingerprint density at radius 1 is 1.57 bits per heavy atom. The highest BCUT2D eigenvalue weighted by molar-refractivity contribution is 7.12. The number of thiophene rings is 1. The van der Waals surface area contributed by atoms with Crippen LogP contribution in [-0.4, -0.2) is 29.7 Å². The van der Waals surface area contributed by atoms with Gasteiger partial charge in [0.15, 0.2) is 17.0 Å². The van der Waals surface area contributed by atoms with E-state index in [2.05, 4.69) is 18.4 Å². The molecule has 14 heavy (non-hydrogen) atoms. The van der Waals surface area contributed by atoms with Crippen LogP contribution >= 0.6 is 22.9 Å². The van der Waals surface area contributed by atoms with Gasteiger partial charge in [0.2, 0.25) is 0 Å². The van der Waals surface area contributed by atoms with Gasteiger partial charge in [0.25, 0.3) is 0 Å². The Morgan fingerprint density at radius 2 is 2.29 bits per heavy atom. The first-order valence-corrected chi connectivity index (χ1v) is 5.75. The maximum atomic E-state index is 6.06. The molecule has 0 unspecified atom stereocenters. The summed E-state index contributed by atoms with van der Waals surface area (Å²) in [7, 11) is 2.04. The summed E-state index contributed by atoms with van der Waals surface area (Å²) in [6.07, 6.45) is 0. The van der Waals surface area contributed by atoms with E-state index < -0.39 is 0 Å². The third kappa shape index (κ3) is 1.44. The van der Waals surface area contributed by atoms with Crippen molar-refractivity contribution in [3.8, 4) is 0 Å². The quantitative estimate of drug-likeness (QED) is 0.676. The summed E-state index contributed by atoms with van der Waals surface area (Å²) in [4.78, 5) is 1.03. The first-order chi connectivity index (χ1) is 6.52. The van der Waals surface area contributed by atoms with Gasteiger partial charge in [-0.05, 0) is 11.4 Å². The van der Waals surface area contributed by atoms with E-state index in [-0.39, 0.29) is 5.54 Å². The maximum absolute atomic E-state index is 6.06. The van der Waals surface area contributed by atoms with Gasteiger partial charge >= 0.3 is 5.90 Å². The molecule has 2 rings (SSSR count). The molecule has 0 aliphatic carbocycles. The number of hydrogen-bond acceptors (Lipinski definition) is 2. The second-order valence-corrected chi connectivity index (χ2v) is 5.39. The highest BCUT2D eigenvalue weighted by Crippen LogP contribution is 2.27. The Morgan fingerprint density at radius 3 is 2.71 bits per heavy atom. The molecule has 0 spiro atoms. The fourth-order valence-corrected chi connectivity index (χ4v) is 2.55. The van der Waals surface area contributed by atoms with E-state index in [1.807, 2.05) is 18.5 Å². The third-order valence-electron chi connectivity index (χ3n) is 2.59. The van der Waals surface area contributed by atoms with E-state index >= 15 is 0 Å². The van der Waals surface area contributed by atoms with Crippen LogP contribution < -0.4 is 0 Å². The molecule has 4 heteroatoms.